The van der Waals surface area contributed by atoms with Crippen molar-refractivity contribution in [2.24, 2.45) is 0 Å². The van der Waals surface area contributed by atoms with Gasteiger partial charge < -0.3 is 10.5 Å². The van der Waals surface area contributed by atoms with Crippen LogP contribution in [0.15, 0.2) is 11.2 Å². The summed E-state index contributed by atoms with van der Waals surface area (Å²) in [7, 11) is 0. The largest absolute Gasteiger partial charge is 0.381 e. The van der Waals surface area contributed by atoms with Crippen LogP contribution in [0.2, 0.25) is 5.15 Å². The molecular formula is C7H8ClN3OS. The molecule has 1 aromatic rings. The van der Waals surface area contributed by atoms with Gasteiger partial charge in [0.2, 0.25) is 0 Å². The molecule has 2 N–H and O–H groups in total. The molecule has 0 aromatic carbocycles. The molecule has 4 nitrogen and oxygen atoms in total. The normalized spacial score (nSPS) is 9.92. The second-order valence-electron chi connectivity index (χ2n) is 2.19. The molecule has 0 aliphatic rings. The van der Waals surface area contributed by atoms with E-state index in [-0.39, 0.29) is 5.15 Å². The van der Waals surface area contributed by atoms with E-state index in [1.165, 1.54) is 18.0 Å². The van der Waals surface area contributed by atoms with Gasteiger partial charge in [-0.15, -0.1) is 11.8 Å². The molecule has 0 fully saturated rings. The SMILES string of the molecule is Nc1nc(Cl)cnc1SCCC=O. The molecule has 1 aromatic heterocycles. The smallest absolute Gasteiger partial charge is 0.157 e. The van der Waals surface area contributed by atoms with Gasteiger partial charge >= 0.3 is 0 Å². The van der Waals surface area contributed by atoms with Crippen LogP contribution in [-0.4, -0.2) is 22.0 Å². The molecule has 1 rings (SSSR count). The third-order valence-corrected chi connectivity index (χ3v) is 2.42. The lowest BCUT2D eigenvalue weighted by Gasteiger charge is -2.01. The lowest BCUT2D eigenvalue weighted by atomic mass is 10.6. The van der Waals surface area contributed by atoms with Crippen molar-refractivity contribution in [1.29, 1.82) is 0 Å². The molecule has 0 aliphatic heterocycles. The molecule has 0 atom stereocenters. The van der Waals surface area contributed by atoms with E-state index in [2.05, 4.69) is 9.97 Å². The zero-order valence-corrected chi connectivity index (χ0v) is 8.31. The molecule has 0 spiro atoms. The number of nitrogens with two attached hydrogens (primary N) is 1. The Hall–Kier alpha value is -0.810. The number of carbonyl (C=O) groups is 1. The van der Waals surface area contributed by atoms with E-state index in [4.69, 9.17) is 17.3 Å². The van der Waals surface area contributed by atoms with Crippen molar-refractivity contribution in [2.75, 3.05) is 11.5 Å². The number of thioether (sulfide) groups is 1. The number of aromatic nitrogens is 2. The lowest BCUT2D eigenvalue weighted by Crippen LogP contribution is -1.96. The fraction of sp³-hybridized carbons (Fsp3) is 0.286. The van der Waals surface area contributed by atoms with Crippen LogP contribution in [0.4, 0.5) is 5.82 Å². The molecule has 0 bridgehead atoms. The molecule has 6 heteroatoms. The quantitative estimate of drug-likeness (QED) is 0.469. The van der Waals surface area contributed by atoms with Crippen molar-refractivity contribution in [1.82, 2.24) is 9.97 Å². The predicted molar refractivity (Wildman–Crippen MR) is 52.9 cm³/mol. The van der Waals surface area contributed by atoms with Gasteiger partial charge in [-0.05, 0) is 0 Å². The van der Waals surface area contributed by atoms with Gasteiger partial charge in [0.25, 0.3) is 0 Å². The van der Waals surface area contributed by atoms with Gasteiger partial charge in [0.1, 0.15) is 16.5 Å². The van der Waals surface area contributed by atoms with Crippen LogP contribution in [0, 0.1) is 0 Å². The van der Waals surface area contributed by atoms with E-state index in [9.17, 15) is 4.79 Å². The van der Waals surface area contributed by atoms with E-state index >= 15 is 0 Å². The summed E-state index contributed by atoms with van der Waals surface area (Å²) in [5.74, 6) is 0.965. The third-order valence-electron chi connectivity index (χ3n) is 1.21. The van der Waals surface area contributed by atoms with Crippen molar-refractivity contribution in [3.63, 3.8) is 0 Å². The molecular weight excluding hydrogens is 210 g/mol. The summed E-state index contributed by atoms with van der Waals surface area (Å²) in [6, 6.07) is 0. The second-order valence-corrected chi connectivity index (χ2v) is 3.66. The minimum absolute atomic E-state index is 0.275. The molecule has 0 saturated heterocycles. The van der Waals surface area contributed by atoms with E-state index < -0.39 is 0 Å². The van der Waals surface area contributed by atoms with Crippen molar-refractivity contribution < 1.29 is 4.79 Å². The Morgan fingerprint density at radius 1 is 1.69 bits per heavy atom. The number of carbonyl (C=O) groups excluding carboxylic acids is 1. The second kappa shape index (κ2) is 5.04. The Morgan fingerprint density at radius 3 is 3.08 bits per heavy atom. The Labute approximate surface area is 84.9 Å². The molecule has 0 aliphatic carbocycles. The van der Waals surface area contributed by atoms with Crippen LogP contribution in [0.1, 0.15) is 6.42 Å². The Bertz CT molecular complexity index is 308. The Morgan fingerprint density at radius 2 is 2.46 bits per heavy atom. The summed E-state index contributed by atoms with van der Waals surface area (Å²) in [5.41, 5.74) is 5.54. The summed E-state index contributed by atoms with van der Waals surface area (Å²) in [6.07, 6.45) is 2.77. The van der Waals surface area contributed by atoms with Gasteiger partial charge in [0.15, 0.2) is 5.82 Å². The highest BCUT2D eigenvalue weighted by atomic mass is 35.5. The Balaban J connectivity index is 2.61. The van der Waals surface area contributed by atoms with E-state index in [1.807, 2.05) is 0 Å². The highest BCUT2D eigenvalue weighted by molar-refractivity contribution is 7.99. The number of anilines is 1. The first-order valence-corrected chi connectivity index (χ1v) is 4.95. The summed E-state index contributed by atoms with van der Waals surface area (Å²) in [4.78, 5) is 17.8. The molecule has 1 heterocycles. The van der Waals surface area contributed by atoms with Crippen molar-refractivity contribution in [2.45, 2.75) is 11.4 Å². The fourth-order valence-corrected chi connectivity index (χ4v) is 1.55. The molecule has 0 unspecified atom stereocenters. The van der Waals surface area contributed by atoms with Crippen LogP contribution in [-0.2, 0) is 4.79 Å². The third kappa shape index (κ3) is 3.20. The van der Waals surface area contributed by atoms with Crippen LogP contribution in [0.25, 0.3) is 0 Å². The highest BCUT2D eigenvalue weighted by Gasteiger charge is 2.03. The summed E-state index contributed by atoms with van der Waals surface area (Å²) in [6.45, 7) is 0. The van der Waals surface area contributed by atoms with Crippen molar-refractivity contribution >= 4 is 35.5 Å². The first-order chi connectivity index (χ1) is 6.24. The Kier molecular flexibility index (Phi) is 3.98. The van der Waals surface area contributed by atoms with Crippen LogP contribution in [0.3, 0.4) is 0 Å². The average Bonchev–Trinajstić information content (AvgIpc) is 2.09. The standard InChI is InChI=1S/C7H8ClN3OS/c8-5-4-10-7(6(9)11-5)13-3-1-2-12/h2,4H,1,3H2,(H2,9,11). The maximum Gasteiger partial charge on any atom is 0.157 e. The van der Waals surface area contributed by atoms with Gasteiger partial charge in [-0.3, -0.25) is 0 Å². The van der Waals surface area contributed by atoms with Gasteiger partial charge in [-0.1, -0.05) is 11.6 Å². The number of halogens is 1. The molecule has 0 radical (unpaired) electrons. The number of rotatable bonds is 4. The summed E-state index contributed by atoms with van der Waals surface area (Å²) >= 11 is 6.95. The maximum atomic E-state index is 10.0. The van der Waals surface area contributed by atoms with E-state index in [0.29, 0.717) is 23.0 Å². The maximum absolute atomic E-state index is 10.0. The predicted octanol–water partition coefficient (Wildman–Crippen LogP) is 1.39. The lowest BCUT2D eigenvalue weighted by molar-refractivity contribution is -0.107. The summed E-state index contributed by atoms with van der Waals surface area (Å²) in [5, 5.41) is 0.892. The zero-order valence-electron chi connectivity index (χ0n) is 6.74. The van der Waals surface area contributed by atoms with E-state index in [1.54, 1.807) is 0 Å². The van der Waals surface area contributed by atoms with Crippen LogP contribution in [0.5, 0.6) is 0 Å². The topological polar surface area (TPSA) is 68.9 Å². The number of hydrogen-bond donors (Lipinski definition) is 1. The highest BCUT2D eigenvalue weighted by Crippen LogP contribution is 2.21. The van der Waals surface area contributed by atoms with Crippen molar-refractivity contribution in [3.8, 4) is 0 Å². The van der Waals surface area contributed by atoms with E-state index in [0.717, 1.165) is 6.29 Å². The van der Waals surface area contributed by atoms with Gasteiger partial charge in [0, 0.05) is 12.2 Å². The first-order valence-electron chi connectivity index (χ1n) is 3.58. The van der Waals surface area contributed by atoms with Gasteiger partial charge in [0.05, 0.1) is 6.20 Å². The number of nitrogen functional groups attached to an aromatic ring is 1. The minimum atomic E-state index is 0.275. The number of nitrogens with zero attached hydrogens (tertiary/aromatic N) is 2. The molecule has 0 amide bonds. The number of hydrogen-bond acceptors (Lipinski definition) is 5. The molecule has 13 heavy (non-hydrogen) atoms. The zero-order chi connectivity index (χ0) is 9.68. The monoisotopic (exact) mass is 217 g/mol. The van der Waals surface area contributed by atoms with Crippen LogP contribution >= 0.6 is 23.4 Å². The van der Waals surface area contributed by atoms with Crippen LogP contribution < -0.4 is 5.73 Å². The summed E-state index contributed by atoms with van der Waals surface area (Å²) < 4.78 is 0. The van der Waals surface area contributed by atoms with Crippen molar-refractivity contribution in [3.05, 3.63) is 11.3 Å². The van der Waals surface area contributed by atoms with Gasteiger partial charge in [-0.2, -0.15) is 0 Å². The molecule has 0 saturated carbocycles. The average molecular weight is 218 g/mol. The first kappa shape index (κ1) is 10.3. The van der Waals surface area contributed by atoms with Gasteiger partial charge in [-0.25, -0.2) is 9.97 Å². The minimum Gasteiger partial charge on any atom is -0.381 e. The molecule has 70 valence electrons. The fourth-order valence-electron chi connectivity index (χ4n) is 0.685. The number of aldehydes is 1.